The predicted octanol–water partition coefficient (Wildman–Crippen LogP) is 5.65. The molecule has 5 rings (SSSR count). The van der Waals surface area contributed by atoms with Crippen molar-refractivity contribution >= 4 is 34.2 Å². The first-order valence-electron chi connectivity index (χ1n) is 11.9. The first kappa shape index (κ1) is 23.7. The van der Waals surface area contributed by atoms with Crippen molar-refractivity contribution in [2.24, 2.45) is 5.73 Å². The molecule has 0 atom stereocenters. The molecule has 0 saturated carbocycles. The van der Waals surface area contributed by atoms with E-state index in [9.17, 15) is 9.59 Å². The minimum Gasteiger partial charge on any atom is -0.494 e. The van der Waals surface area contributed by atoms with Crippen LogP contribution in [0.2, 0.25) is 0 Å². The van der Waals surface area contributed by atoms with Gasteiger partial charge in [0.1, 0.15) is 10.8 Å². The number of nitrogens with two attached hydrogens (primary N) is 1. The van der Waals surface area contributed by atoms with E-state index < -0.39 is 5.91 Å². The SMILES string of the molecule is Cc1csc(C2=C(c3ccccc3CC(N)=O)C(=O)c3cc(OCCCc4ccccc4)ccc32)n1. The van der Waals surface area contributed by atoms with Crippen molar-refractivity contribution in [2.75, 3.05) is 6.61 Å². The molecule has 4 aromatic rings. The number of carbonyl (C=O) groups excluding carboxylic acids is 2. The normalized spacial score (nSPS) is 12.6. The molecule has 36 heavy (non-hydrogen) atoms. The van der Waals surface area contributed by atoms with E-state index in [1.54, 1.807) is 0 Å². The second kappa shape index (κ2) is 10.3. The fourth-order valence-corrected chi connectivity index (χ4v) is 5.43. The Morgan fingerprint density at radius 2 is 1.72 bits per heavy atom. The molecule has 5 nitrogen and oxygen atoms in total. The quantitative estimate of drug-likeness (QED) is 0.305. The topological polar surface area (TPSA) is 82.3 Å². The van der Waals surface area contributed by atoms with E-state index >= 15 is 0 Å². The van der Waals surface area contributed by atoms with E-state index in [1.165, 1.54) is 16.9 Å². The largest absolute Gasteiger partial charge is 0.494 e. The van der Waals surface area contributed by atoms with Gasteiger partial charge in [-0.25, -0.2) is 4.98 Å². The summed E-state index contributed by atoms with van der Waals surface area (Å²) in [6, 6.07) is 23.4. The van der Waals surface area contributed by atoms with Crippen molar-refractivity contribution in [1.82, 2.24) is 4.98 Å². The lowest BCUT2D eigenvalue weighted by molar-refractivity contribution is -0.117. The summed E-state index contributed by atoms with van der Waals surface area (Å²) in [6.45, 7) is 2.49. The summed E-state index contributed by atoms with van der Waals surface area (Å²) in [4.78, 5) is 30.3. The fourth-order valence-electron chi connectivity index (χ4n) is 4.57. The molecule has 3 aromatic carbocycles. The molecule has 0 fully saturated rings. The number of hydrogen-bond acceptors (Lipinski definition) is 5. The Balaban J connectivity index is 1.47. The van der Waals surface area contributed by atoms with Gasteiger partial charge in [-0.05, 0) is 60.2 Å². The number of amides is 1. The zero-order valence-electron chi connectivity index (χ0n) is 20.0. The van der Waals surface area contributed by atoms with Gasteiger partial charge in [-0.1, -0.05) is 54.6 Å². The zero-order chi connectivity index (χ0) is 25.1. The monoisotopic (exact) mass is 494 g/mol. The van der Waals surface area contributed by atoms with Crippen molar-refractivity contribution in [3.63, 3.8) is 0 Å². The lowest BCUT2D eigenvalue weighted by atomic mass is 9.93. The molecule has 0 radical (unpaired) electrons. The Bertz CT molecular complexity index is 1470. The smallest absolute Gasteiger partial charge is 0.221 e. The van der Waals surface area contributed by atoms with E-state index in [-0.39, 0.29) is 12.2 Å². The van der Waals surface area contributed by atoms with Gasteiger partial charge in [-0.2, -0.15) is 0 Å². The second-order valence-corrected chi connectivity index (χ2v) is 9.68. The minimum atomic E-state index is -0.441. The van der Waals surface area contributed by atoms with Crippen LogP contribution in [0, 0.1) is 6.92 Å². The van der Waals surface area contributed by atoms with Crippen molar-refractivity contribution < 1.29 is 14.3 Å². The molecular weight excluding hydrogens is 468 g/mol. The highest BCUT2D eigenvalue weighted by atomic mass is 32.1. The maximum Gasteiger partial charge on any atom is 0.221 e. The highest BCUT2D eigenvalue weighted by Gasteiger charge is 2.34. The number of aryl methyl sites for hydroxylation is 2. The predicted molar refractivity (Wildman–Crippen MR) is 143 cm³/mol. The minimum absolute atomic E-state index is 0.0588. The number of hydrogen-bond donors (Lipinski definition) is 1. The molecule has 1 aliphatic carbocycles. The second-order valence-electron chi connectivity index (χ2n) is 8.82. The molecule has 0 spiro atoms. The number of aromatic nitrogens is 1. The Morgan fingerprint density at radius 1 is 0.944 bits per heavy atom. The number of allylic oxidation sites excluding steroid dienone is 1. The number of carbonyl (C=O) groups is 2. The third-order valence-electron chi connectivity index (χ3n) is 6.19. The molecule has 6 heteroatoms. The van der Waals surface area contributed by atoms with Crippen LogP contribution in [0.5, 0.6) is 5.75 Å². The Morgan fingerprint density at radius 3 is 2.47 bits per heavy atom. The van der Waals surface area contributed by atoms with Crippen molar-refractivity contribution in [3.8, 4) is 5.75 Å². The van der Waals surface area contributed by atoms with Crippen LogP contribution in [0.4, 0.5) is 0 Å². The summed E-state index contributed by atoms with van der Waals surface area (Å²) >= 11 is 1.51. The third kappa shape index (κ3) is 4.86. The van der Waals surface area contributed by atoms with Gasteiger partial charge in [-0.3, -0.25) is 9.59 Å². The summed E-state index contributed by atoms with van der Waals surface area (Å²) in [5, 5.41) is 2.75. The number of fused-ring (bicyclic) bond motifs is 1. The number of primary amides is 1. The van der Waals surface area contributed by atoms with Gasteiger partial charge in [0.15, 0.2) is 5.78 Å². The van der Waals surface area contributed by atoms with Crippen LogP contribution >= 0.6 is 11.3 Å². The standard InChI is InChI=1S/C30H26N2O3S/c1-19-18-36-30(32-19)28-24-14-13-22(35-15-7-10-20-8-3-2-4-9-20)17-25(24)29(34)27(28)23-12-6-5-11-21(23)16-26(31)33/h2-6,8-9,11-14,17-18H,7,10,15-16H2,1H3,(H2,31,33). The molecule has 1 heterocycles. The van der Waals surface area contributed by atoms with Gasteiger partial charge in [0.25, 0.3) is 0 Å². The van der Waals surface area contributed by atoms with Gasteiger partial charge in [-0.15, -0.1) is 11.3 Å². The van der Waals surface area contributed by atoms with Gasteiger partial charge in [0.2, 0.25) is 5.91 Å². The van der Waals surface area contributed by atoms with Gasteiger partial charge in [0, 0.05) is 27.8 Å². The van der Waals surface area contributed by atoms with Gasteiger partial charge >= 0.3 is 0 Å². The van der Waals surface area contributed by atoms with Crippen molar-refractivity contribution in [1.29, 1.82) is 0 Å². The van der Waals surface area contributed by atoms with E-state index in [1.807, 2.05) is 73.0 Å². The van der Waals surface area contributed by atoms with E-state index in [4.69, 9.17) is 10.5 Å². The number of Topliss-reactive ketones (excluding diaryl/α,β-unsaturated/α-hetero) is 1. The number of ketones is 1. The number of ether oxygens (including phenoxy) is 1. The van der Waals surface area contributed by atoms with E-state index in [2.05, 4.69) is 17.1 Å². The lowest BCUT2D eigenvalue weighted by Crippen LogP contribution is -2.15. The van der Waals surface area contributed by atoms with E-state index in [0.29, 0.717) is 29.1 Å². The number of benzene rings is 3. The van der Waals surface area contributed by atoms with Gasteiger partial charge < -0.3 is 10.5 Å². The lowest BCUT2D eigenvalue weighted by Gasteiger charge is -2.10. The van der Waals surface area contributed by atoms with Gasteiger partial charge in [0.05, 0.1) is 13.0 Å². The van der Waals surface area contributed by atoms with Crippen LogP contribution in [0.25, 0.3) is 11.1 Å². The van der Waals surface area contributed by atoms with Crippen LogP contribution in [-0.4, -0.2) is 23.3 Å². The maximum absolute atomic E-state index is 13.8. The Kier molecular flexibility index (Phi) is 6.78. The molecule has 1 aromatic heterocycles. The molecule has 0 unspecified atom stereocenters. The van der Waals surface area contributed by atoms with Crippen LogP contribution in [0.3, 0.4) is 0 Å². The zero-order valence-corrected chi connectivity index (χ0v) is 20.8. The summed E-state index contributed by atoms with van der Waals surface area (Å²) in [5.41, 5.74) is 11.9. The van der Waals surface area contributed by atoms with Crippen molar-refractivity contribution in [2.45, 2.75) is 26.2 Å². The number of nitrogens with zero attached hydrogens (tertiary/aromatic N) is 1. The molecule has 2 N–H and O–H groups in total. The first-order chi connectivity index (χ1) is 17.5. The summed E-state index contributed by atoms with van der Waals surface area (Å²) in [6.07, 6.45) is 1.87. The highest BCUT2D eigenvalue weighted by molar-refractivity contribution is 7.11. The molecule has 0 bridgehead atoms. The summed E-state index contributed by atoms with van der Waals surface area (Å²) in [5.74, 6) is 0.125. The summed E-state index contributed by atoms with van der Waals surface area (Å²) in [7, 11) is 0. The van der Waals surface area contributed by atoms with Crippen LogP contribution < -0.4 is 10.5 Å². The average molecular weight is 495 g/mol. The molecule has 0 aliphatic heterocycles. The van der Waals surface area contributed by atoms with Crippen molar-refractivity contribution in [3.05, 3.63) is 117 Å². The maximum atomic E-state index is 13.8. The van der Waals surface area contributed by atoms with Crippen LogP contribution in [0.15, 0.2) is 78.2 Å². The molecule has 180 valence electrons. The average Bonchev–Trinajstić information content (AvgIpc) is 3.43. The van der Waals surface area contributed by atoms with Crippen LogP contribution in [-0.2, 0) is 17.6 Å². The summed E-state index contributed by atoms with van der Waals surface area (Å²) < 4.78 is 6.02. The Hall–Kier alpha value is -4.03. The van der Waals surface area contributed by atoms with Crippen LogP contribution in [0.1, 0.15) is 49.7 Å². The highest BCUT2D eigenvalue weighted by Crippen LogP contribution is 2.44. The molecule has 0 saturated heterocycles. The first-order valence-corrected chi connectivity index (χ1v) is 12.8. The third-order valence-corrected chi connectivity index (χ3v) is 7.17. The molecule has 1 aliphatic rings. The van der Waals surface area contributed by atoms with E-state index in [0.717, 1.165) is 40.2 Å². The fraction of sp³-hybridized carbons (Fsp3) is 0.167. The number of thiazole rings is 1. The Labute approximate surface area is 214 Å². The molecular formula is C30H26N2O3S. The number of rotatable bonds is 9. The molecule has 1 amide bonds.